The van der Waals surface area contributed by atoms with Crippen LogP contribution in [0.4, 0.5) is 5.69 Å². The molecule has 2 saturated heterocycles. The van der Waals surface area contributed by atoms with Gasteiger partial charge in [-0.25, -0.2) is 0 Å². The van der Waals surface area contributed by atoms with Crippen LogP contribution in [0.5, 0.6) is 0 Å². The van der Waals surface area contributed by atoms with Gasteiger partial charge < -0.3 is 4.90 Å². The van der Waals surface area contributed by atoms with E-state index in [0.29, 0.717) is 5.69 Å². The number of hydrogen-bond donors (Lipinski definition) is 0. The summed E-state index contributed by atoms with van der Waals surface area (Å²) in [7, 11) is 0. The van der Waals surface area contributed by atoms with Gasteiger partial charge in [0.1, 0.15) is 6.54 Å². The fourth-order valence-electron chi connectivity index (χ4n) is 9.03. The van der Waals surface area contributed by atoms with Crippen LogP contribution in [0, 0.1) is 29.6 Å². The number of aromatic nitrogens is 1. The first-order valence-corrected chi connectivity index (χ1v) is 18.0. The Bertz CT molecular complexity index is 1730. The van der Waals surface area contributed by atoms with E-state index in [1.807, 2.05) is 35.2 Å². The van der Waals surface area contributed by atoms with Crippen LogP contribution in [0.2, 0.25) is 0 Å². The first-order valence-electron chi connectivity index (χ1n) is 16.3. The molecule has 1 aromatic heterocycles. The summed E-state index contributed by atoms with van der Waals surface area (Å²) in [6, 6.07) is 18.1. The number of amides is 3. The summed E-state index contributed by atoms with van der Waals surface area (Å²) in [6.45, 7) is 8.18. The summed E-state index contributed by atoms with van der Waals surface area (Å²) in [6.07, 6.45) is 4.00. The van der Waals surface area contributed by atoms with Gasteiger partial charge in [0.2, 0.25) is 17.7 Å². The van der Waals surface area contributed by atoms with Gasteiger partial charge in [0.15, 0.2) is 0 Å². The molecule has 0 spiro atoms. The largest absolute Gasteiger partial charge is 0.341 e. The van der Waals surface area contributed by atoms with E-state index in [1.54, 1.807) is 16.3 Å². The molecule has 4 heterocycles. The van der Waals surface area contributed by atoms with E-state index in [0.717, 1.165) is 54.2 Å². The van der Waals surface area contributed by atoms with Gasteiger partial charge in [-0.3, -0.25) is 28.6 Å². The molecular weight excluding hydrogens is 603 g/mol. The average Bonchev–Trinajstić information content (AvgIpc) is 3.76. The van der Waals surface area contributed by atoms with E-state index in [-0.39, 0.29) is 75.3 Å². The van der Waals surface area contributed by atoms with Crippen LogP contribution in [0.15, 0.2) is 64.4 Å². The van der Waals surface area contributed by atoms with Gasteiger partial charge in [-0.15, -0.1) is 11.8 Å². The zero-order chi connectivity index (χ0) is 31.2. The van der Waals surface area contributed by atoms with Gasteiger partial charge in [0, 0.05) is 29.1 Å². The van der Waals surface area contributed by atoms with Crippen molar-refractivity contribution < 1.29 is 14.4 Å². The molecule has 2 aliphatic carbocycles. The molecule has 3 aromatic rings. The highest BCUT2D eigenvalue weighted by atomic mass is 32.2. The number of imide groups is 1. The minimum absolute atomic E-state index is 0.00859. The highest BCUT2D eigenvalue weighted by Gasteiger charge is 2.69. The Morgan fingerprint density at radius 2 is 1.53 bits per heavy atom. The maximum Gasteiger partial charge on any atom is 0.308 e. The second kappa shape index (κ2) is 10.7. The van der Waals surface area contributed by atoms with Crippen LogP contribution in [-0.4, -0.2) is 45.5 Å². The lowest BCUT2D eigenvalue weighted by atomic mass is 9.68. The molecule has 9 heteroatoms. The smallest absolute Gasteiger partial charge is 0.308 e. The number of anilines is 1. The quantitative estimate of drug-likeness (QED) is 0.332. The average molecular weight is 642 g/mol. The molecular formula is C36H39N3O4S2. The first-order chi connectivity index (χ1) is 21.6. The number of nitrogens with zero attached hydrogens (tertiary/aromatic N) is 3. The van der Waals surface area contributed by atoms with Crippen LogP contribution in [0.3, 0.4) is 0 Å². The summed E-state index contributed by atoms with van der Waals surface area (Å²) in [5, 5.41) is 0.983. The van der Waals surface area contributed by atoms with Crippen molar-refractivity contribution in [1.82, 2.24) is 9.47 Å². The van der Waals surface area contributed by atoms with Gasteiger partial charge in [-0.1, -0.05) is 74.6 Å². The third-order valence-corrected chi connectivity index (χ3v) is 13.9. The molecule has 2 aromatic carbocycles. The van der Waals surface area contributed by atoms with Crippen LogP contribution in [-0.2, 0) is 26.3 Å². The van der Waals surface area contributed by atoms with Crippen molar-refractivity contribution in [1.29, 1.82) is 0 Å². The second-order valence-electron chi connectivity index (χ2n) is 14.5. The molecule has 5 aliphatic rings. The molecule has 8 rings (SSSR count). The number of carbonyl (C=O) groups is 3. The third-order valence-electron chi connectivity index (χ3n) is 11.1. The molecule has 0 radical (unpaired) electrons. The Kier molecular flexibility index (Phi) is 6.95. The number of rotatable bonds is 4. The van der Waals surface area contributed by atoms with Crippen molar-refractivity contribution in [2.45, 2.75) is 74.6 Å². The lowest BCUT2D eigenvalue weighted by Gasteiger charge is -2.43. The Morgan fingerprint density at radius 3 is 2.20 bits per heavy atom. The number of para-hydroxylation sites is 1. The topological polar surface area (TPSA) is 79.7 Å². The fourth-order valence-corrected chi connectivity index (χ4v) is 12.2. The number of piperidine rings is 1. The number of fused-ring (bicyclic) bond motifs is 9. The summed E-state index contributed by atoms with van der Waals surface area (Å²) >= 11 is 2.97. The molecule has 2 saturated carbocycles. The predicted octanol–water partition coefficient (Wildman–Crippen LogP) is 5.90. The monoisotopic (exact) mass is 641 g/mol. The molecule has 7 atom stereocenters. The number of carbonyl (C=O) groups excluding carboxylic acids is 3. The fraction of sp³-hybridized carbons (Fsp3) is 0.500. The molecule has 3 aliphatic heterocycles. The number of benzene rings is 2. The Hall–Kier alpha value is -3.17. The van der Waals surface area contributed by atoms with Crippen LogP contribution < -0.4 is 9.77 Å². The van der Waals surface area contributed by atoms with Crippen LogP contribution >= 0.6 is 23.1 Å². The highest BCUT2D eigenvalue weighted by molar-refractivity contribution is 8.00. The molecule has 3 amide bonds. The number of likely N-dealkylation sites (tertiary alicyclic amines) is 1. The third kappa shape index (κ3) is 4.51. The molecule has 2 bridgehead atoms. The van der Waals surface area contributed by atoms with Crippen LogP contribution in [0.25, 0.3) is 0 Å². The van der Waals surface area contributed by atoms with E-state index >= 15 is 0 Å². The minimum atomic E-state index is -0.337. The predicted molar refractivity (Wildman–Crippen MR) is 177 cm³/mol. The van der Waals surface area contributed by atoms with Gasteiger partial charge in [-0.05, 0) is 72.1 Å². The van der Waals surface area contributed by atoms with Gasteiger partial charge in [-0.2, -0.15) is 0 Å². The molecule has 45 heavy (non-hydrogen) atoms. The van der Waals surface area contributed by atoms with E-state index in [1.165, 1.54) is 21.8 Å². The summed E-state index contributed by atoms with van der Waals surface area (Å²) < 4.78 is 1.72. The molecule has 7 unspecified atom stereocenters. The second-order valence-corrected chi connectivity index (χ2v) is 16.7. The number of hydrogen-bond acceptors (Lipinski definition) is 6. The normalized spacial score (nSPS) is 30.4. The Balaban J connectivity index is 1.21. The first kappa shape index (κ1) is 29.2. The van der Waals surface area contributed by atoms with Crippen molar-refractivity contribution >= 4 is 46.5 Å². The lowest BCUT2D eigenvalue weighted by molar-refractivity contribution is -0.133. The Morgan fingerprint density at radius 1 is 0.867 bits per heavy atom. The molecule has 234 valence electrons. The van der Waals surface area contributed by atoms with Gasteiger partial charge >= 0.3 is 4.87 Å². The number of thiazole rings is 1. The van der Waals surface area contributed by atoms with Gasteiger partial charge in [0.25, 0.3) is 0 Å². The zero-order valence-electron chi connectivity index (χ0n) is 26.0. The van der Waals surface area contributed by atoms with Crippen molar-refractivity contribution in [2.75, 3.05) is 18.0 Å². The molecule has 7 nitrogen and oxygen atoms in total. The highest BCUT2D eigenvalue weighted by Crippen LogP contribution is 2.69. The molecule has 0 N–H and O–H groups in total. The zero-order valence-corrected chi connectivity index (χ0v) is 27.6. The lowest BCUT2D eigenvalue weighted by Crippen LogP contribution is -2.43. The van der Waals surface area contributed by atoms with E-state index < -0.39 is 0 Å². The summed E-state index contributed by atoms with van der Waals surface area (Å²) in [5.74, 6) is -0.637. The number of thioether (sulfide) groups is 1. The standard InChI is InChI=1S/C36H39N3O4S2/c1-36(2,3)21-14-12-20(13-15-21)26-27-23-18-24(29-28(23)32(41)39(33(29)42)22-10-6-4-7-11-22)30(27)44-34-31(26)45-35(43)38(34)19-25(40)37-16-8-5-9-17-37/h4,6-7,10-15,23-24,26-30H,5,8-9,16-19H2,1-3H3. The maximum absolute atomic E-state index is 14.0. The summed E-state index contributed by atoms with van der Waals surface area (Å²) in [5.41, 5.74) is 3.05. The maximum atomic E-state index is 14.0. The van der Waals surface area contributed by atoms with Crippen molar-refractivity contribution in [3.63, 3.8) is 0 Å². The summed E-state index contributed by atoms with van der Waals surface area (Å²) in [4.78, 5) is 59.4. The van der Waals surface area contributed by atoms with E-state index in [4.69, 9.17) is 0 Å². The SMILES string of the molecule is CC(C)(C)c1ccc(C2c3sc(=O)n(CC(=O)N4CCCCC4)c3SC3C4CC(C5C(=O)N(c6ccccc6)C(=O)C45)C23)cc1. The van der Waals surface area contributed by atoms with Gasteiger partial charge in [0.05, 0.1) is 22.5 Å². The van der Waals surface area contributed by atoms with E-state index in [9.17, 15) is 19.2 Å². The van der Waals surface area contributed by atoms with Crippen LogP contribution in [0.1, 0.15) is 68.4 Å². The van der Waals surface area contributed by atoms with E-state index in [2.05, 4.69) is 45.0 Å². The Labute approximate surface area is 272 Å². The minimum Gasteiger partial charge on any atom is -0.341 e. The molecule has 4 fully saturated rings. The van der Waals surface area contributed by atoms with Crippen molar-refractivity contribution in [3.8, 4) is 0 Å². The van der Waals surface area contributed by atoms with Crippen molar-refractivity contribution in [2.24, 2.45) is 29.6 Å². The van der Waals surface area contributed by atoms with Crippen molar-refractivity contribution in [3.05, 3.63) is 80.3 Å².